The summed E-state index contributed by atoms with van der Waals surface area (Å²) in [5.41, 5.74) is 10.4. The highest BCUT2D eigenvalue weighted by atomic mass is 19.1. The van der Waals surface area contributed by atoms with Crippen LogP contribution in [0.4, 0.5) is 10.1 Å². The number of primary amides is 1. The Bertz CT molecular complexity index is 538. The van der Waals surface area contributed by atoms with Gasteiger partial charge in [-0.3, -0.25) is 9.59 Å². The molecule has 96 valence electrons. The van der Waals surface area contributed by atoms with Crippen LogP contribution in [0.15, 0.2) is 12.1 Å². The Morgan fingerprint density at radius 2 is 2.00 bits per heavy atom. The molecule has 1 aromatic rings. The maximum atomic E-state index is 13.6. The van der Waals surface area contributed by atoms with E-state index in [0.29, 0.717) is 12.8 Å². The summed E-state index contributed by atoms with van der Waals surface area (Å²) in [7, 11) is 0. The number of nitrogens with one attached hydrogen (secondary N) is 1. The van der Waals surface area contributed by atoms with Gasteiger partial charge in [0.05, 0.1) is 5.54 Å². The summed E-state index contributed by atoms with van der Waals surface area (Å²) in [6.45, 7) is 1.51. The van der Waals surface area contributed by atoms with Crippen molar-refractivity contribution in [3.63, 3.8) is 0 Å². The topological polar surface area (TPSA) is 98.2 Å². The van der Waals surface area contributed by atoms with Gasteiger partial charge in [-0.25, -0.2) is 4.39 Å². The normalized spacial score (nSPS) is 16.2. The lowest BCUT2D eigenvalue weighted by atomic mass is 10.1. The molecule has 18 heavy (non-hydrogen) atoms. The minimum Gasteiger partial charge on any atom is -0.366 e. The zero-order valence-electron chi connectivity index (χ0n) is 9.92. The van der Waals surface area contributed by atoms with Gasteiger partial charge in [0.2, 0.25) is 11.8 Å². The van der Waals surface area contributed by atoms with Crippen LogP contribution in [0.1, 0.15) is 28.8 Å². The molecule has 0 bridgehead atoms. The largest absolute Gasteiger partial charge is 0.366 e. The lowest BCUT2D eigenvalue weighted by Crippen LogP contribution is -2.38. The Hall–Kier alpha value is -1.95. The van der Waals surface area contributed by atoms with Crippen molar-refractivity contribution in [1.29, 1.82) is 0 Å². The standard InChI is InChI=1S/C12H14FN3O2/c1-6-8(13)4-7(10(14)17)5-9(6)16-11(18)12(15)2-3-12/h4-5H,2-3,15H2,1H3,(H2,14,17)(H,16,18). The maximum Gasteiger partial charge on any atom is 0.248 e. The van der Waals surface area contributed by atoms with Crippen molar-refractivity contribution in [1.82, 2.24) is 0 Å². The fourth-order valence-electron chi connectivity index (χ4n) is 1.56. The first-order valence-electron chi connectivity index (χ1n) is 5.54. The Labute approximate surface area is 103 Å². The molecule has 1 aromatic carbocycles. The minimum absolute atomic E-state index is 0.00951. The van der Waals surface area contributed by atoms with Crippen LogP contribution in [0, 0.1) is 12.7 Å². The number of carbonyl (C=O) groups excluding carboxylic acids is 2. The number of benzene rings is 1. The van der Waals surface area contributed by atoms with Gasteiger partial charge in [-0.05, 0) is 31.9 Å². The predicted octanol–water partition coefficient (Wildman–Crippen LogP) is 0.663. The van der Waals surface area contributed by atoms with Crippen LogP contribution in [0.5, 0.6) is 0 Å². The highest BCUT2D eigenvalue weighted by molar-refractivity contribution is 6.02. The van der Waals surface area contributed by atoms with Crippen LogP contribution in [0.3, 0.4) is 0 Å². The van der Waals surface area contributed by atoms with Gasteiger partial charge in [-0.15, -0.1) is 0 Å². The molecular weight excluding hydrogens is 237 g/mol. The maximum absolute atomic E-state index is 13.6. The molecule has 0 spiro atoms. The minimum atomic E-state index is -0.856. The summed E-state index contributed by atoms with van der Waals surface area (Å²) in [6.07, 6.45) is 1.21. The molecule has 1 fully saturated rings. The Balaban J connectivity index is 2.31. The number of halogens is 1. The Kier molecular flexibility index (Phi) is 2.82. The third-order valence-corrected chi connectivity index (χ3v) is 3.12. The molecule has 0 aromatic heterocycles. The first-order valence-corrected chi connectivity index (χ1v) is 5.54. The summed E-state index contributed by atoms with van der Waals surface area (Å²) in [6, 6.07) is 2.40. The number of hydrogen-bond donors (Lipinski definition) is 3. The van der Waals surface area contributed by atoms with Crippen molar-refractivity contribution in [2.45, 2.75) is 25.3 Å². The highest BCUT2D eigenvalue weighted by Gasteiger charge is 2.46. The lowest BCUT2D eigenvalue weighted by molar-refractivity contribution is -0.118. The van der Waals surface area contributed by atoms with Crippen LogP contribution in [0.25, 0.3) is 0 Å². The van der Waals surface area contributed by atoms with Crippen LogP contribution < -0.4 is 16.8 Å². The molecule has 0 radical (unpaired) electrons. The van der Waals surface area contributed by atoms with Gasteiger partial charge >= 0.3 is 0 Å². The smallest absolute Gasteiger partial charge is 0.248 e. The van der Waals surface area contributed by atoms with E-state index >= 15 is 0 Å². The number of rotatable bonds is 3. The lowest BCUT2D eigenvalue weighted by Gasteiger charge is -2.13. The Morgan fingerprint density at radius 1 is 1.39 bits per heavy atom. The van der Waals surface area contributed by atoms with Crippen LogP contribution in [-0.4, -0.2) is 17.4 Å². The van der Waals surface area contributed by atoms with Crippen molar-refractivity contribution < 1.29 is 14.0 Å². The molecule has 1 aliphatic rings. The quantitative estimate of drug-likeness (QED) is 0.736. The highest BCUT2D eigenvalue weighted by Crippen LogP contribution is 2.34. The van der Waals surface area contributed by atoms with Crippen molar-refractivity contribution >= 4 is 17.5 Å². The Morgan fingerprint density at radius 3 is 2.50 bits per heavy atom. The van der Waals surface area contributed by atoms with E-state index in [9.17, 15) is 14.0 Å². The van der Waals surface area contributed by atoms with Gasteiger partial charge in [0.25, 0.3) is 0 Å². The second-order valence-corrected chi connectivity index (χ2v) is 4.61. The SMILES string of the molecule is Cc1c(F)cc(C(N)=O)cc1NC(=O)C1(N)CC1. The summed E-state index contributed by atoms with van der Waals surface area (Å²) in [5, 5.41) is 2.54. The molecule has 2 rings (SSSR count). The van der Waals surface area contributed by atoms with E-state index in [2.05, 4.69) is 5.32 Å². The van der Waals surface area contributed by atoms with E-state index in [1.807, 2.05) is 0 Å². The number of hydrogen-bond acceptors (Lipinski definition) is 3. The summed E-state index contributed by atoms with van der Waals surface area (Å²) in [5.74, 6) is -1.71. The third-order valence-electron chi connectivity index (χ3n) is 3.12. The van der Waals surface area contributed by atoms with Gasteiger partial charge in [0, 0.05) is 16.8 Å². The number of nitrogens with two attached hydrogens (primary N) is 2. The van der Waals surface area contributed by atoms with Gasteiger partial charge in [0.1, 0.15) is 5.82 Å². The fraction of sp³-hybridized carbons (Fsp3) is 0.333. The molecule has 0 heterocycles. The molecule has 5 nitrogen and oxygen atoms in total. The van der Waals surface area contributed by atoms with Crippen molar-refractivity contribution in [3.05, 3.63) is 29.1 Å². The fourth-order valence-corrected chi connectivity index (χ4v) is 1.56. The van der Waals surface area contributed by atoms with Gasteiger partial charge in [-0.1, -0.05) is 0 Å². The van der Waals surface area contributed by atoms with E-state index in [-0.39, 0.29) is 22.7 Å². The molecule has 1 saturated carbocycles. The first-order chi connectivity index (χ1) is 8.33. The van der Waals surface area contributed by atoms with E-state index in [4.69, 9.17) is 11.5 Å². The average Bonchev–Trinajstić information content (AvgIpc) is 3.03. The van der Waals surface area contributed by atoms with Crippen LogP contribution in [-0.2, 0) is 4.79 Å². The average molecular weight is 251 g/mol. The molecule has 0 unspecified atom stereocenters. The molecule has 0 aliphatic heterocycles. The molecule has 2 amide bonds. The van der Waals surface area contributed by atoms with E-state index in [0.717, 1.165) is 6.07 Å². The van der Waals surface area contributed by atoms with E-state index in [1.165, 1.54) is 13.0 Å². The van der Waals surface area contributed by atoms with Crippen LogP contribution >= 0.6 is 0 Å². The van der Waals surface area contributed by atoms with Crippen molar-refractivity contribution in [2.75, 3.05) is 5.32 Å². The predicted molar refractivity (Wildman–Crippen MR) is 64.4 cm³/mol. The summed E-state index contributed by atoms with van der Waals surface area (Å²) < 4.78 is 13.6. The van der Waals surface area contributed by atoms with Crippen molar-refractivity contribution in [3.8, 4) is 0 Å². The van der Waals surface area contributed by atoms with Crippen LogP contribution in [0.2, 0.25) is 0 Å². The second-order valence-electron chi connectivity index (χ2n) is 4.61. The molecular formula is C12H14FN3O2. The molecule has 1 aliphatic carbocycles. The number of carbonyl (C=O) groups is 2. The van der Waals surface area contributed by atoms with Crippen molar-refractivity contribution in [2.24, 2.45) is 11.5 Å². The molecule has 0 atom stereocenters. The third kappa shape index (κ3) is 2.19. The number of amides is 2. The molecule has 0 saturated heterocycles. The number of anilines is 1. The molecule has 6 heteroatoms. The van der Waals surface area contributed by atoms with E-state index < -0.39 is 17.3 Å². The van der Waals surface area contributed by atoms with E-state index in [1.54, 1.807) is 0 Å². The zero-order chi connectivity index (χ0) is 13.5. The summed E-state index contributed by atoms with van der Waals surface area (Å²) >= 11 is 0. The molecule has 5 N–H and O–H groups in total. The van der Waals surface area contributed by atoms with Gasteiger partial charge < -0.3 is 16.8 Å². The summed E-state index contributed by atoms with van der Waals surface area (Å²) in [4.78, 5) is 22.8. The monoisotopic (exact) mass is 251 g/mol. The second kappa shape index (κ2) is 4.06. The zero-order valence-corrected chi connectivity index (χ0v) is 9.92. The van der Waals surface area contributed by atoms with Gasteiger partial charge in [0.15, 0.2) is 0 Å². The van der Waals surface area contributed by atoms with Gasteiger partial charge in [-0.2, -0.15) is 0 Å². The first kappa shape index (κ1) is 12.5.